The van der Waals surface area contributed by atoms with Gasteiger partial charge in [-0.2, -0.15) is 0 Å². The highest BCUT2D eigenvalue weighted by Gasteiger charge is 2.22. The lowest BCUT2D eigenvalue weighted by Gasteiger charge is -2.25. The predicted octanol–water partition coefficient (Wildman–Crippen LogP) is 2.90. The Balaban J connectivity index is 2.03. The van der Waals surface area contributed by atoms with Crippen LogP contribution < -0.4 is 5.56 Å². The first-order chi connectivity index (χ1) is 11.5. The van der Waals surface area contributed by atoms with Crippen molar-refractivity contribution in [3.63, 3.8) is 0 Å². The van der Waals surface area contributed by atoms with E-state index in [1.165, 1.54) is 29.2 Å². The molecule has 1 amide bonds. The fourth-order valence-electron chi connectivity index (χ4n) is 2.60. The van der Waals surface area contributed by atoms with Crippen molar-refractivity contribution in [2.24, 2.45) is 0 Å². The average molecular weight is 325 g/mol. The molecular weight excluding hydrogens is 309 g/mol. The van der Waals surface area contributed by atoms with E-state index in [0.29, 0.717) is 10.9 Å². The summed E-state index contributed by atoms with van der Waals surface area (Å²) in [6.07, 6.45) is 1.66. The summed E-state index contributed by atoms with van der Waals surface area (Å²) in [7, 11) is 1.65. The minimum absolute atomic E-state index is 0.235. The third-order valence-corrected chi connectivity index (χ3v) is 4.05. The van der Waals surface area contributed by atoms with E-state index in [4.69, 9.17) is 0 Å². The molecule has 3 aromatic rings. The van der Waals surface area contributed by atoms with Crippen molar-refractivity contribution in [3.05, 3.63) is 76.1 Å². The molecule has 2 heterocycles. The summed E-state index contributed by atoms with van der Waals surface area (Å²) in [5.41, 5.74) is 0.827. The fraction of sp³-hybridized carbons (Fsp3) is 0.167. The number of fused-ring (bicyclic) bond motifs is 1. The van der Waals surface area contributed by atoms with Crippen LogP contribution in [0.2, 0.25) is 0 Å². The standard InChI is InChI=1S/C18H16FN3O2/c1-11(15-5-3-4-8-20-15)22(2)18(24)14-10-17(23)21-16-9-12(19)6-7-13(14)16/h3-11H,1-2H3,(H,21,23). The van der Waals surface area contributed by atoms with E-state index in [2.05, 4.69) is 9.97 Å². The molecule has 1 atom stereocenters. The molecule has 2 aromatic heterocycles. The Labute approximate surface area is 137 Å². The normalized spacial score (nSPS) is 12.1. The molecule has 1 unspecified atom stereocenters. The van der Waals surface area contributed by atoms with Crippen LogP contribution in [-0.2, 0) is 0 Å². The summed E-state index contributed by atoms with van der Waals surface area (Å²) in [5.74, 6) is -0.797. The minimum Gasteiger partial charge on any atom is -0.333 e. The van der Waals surface area contributed by atoms with Crippen LogP contribution in [0.3, 0.4) is 0 Å². The lowest BCUT2D eigenvalue weighted by molar-refractivity contribution is 0.0741. The van der Waals surface area contributed by atoms with Gasteiger partial charge in [0.05, 0.1) is 22.8 Å². The van der Waals surface area contributed by atoms with E-state index in [1.807, 2.05) is 19.1 Å². The number of benzene rings is 1. The predicted molar refractivity (Wildman–Crippen MR) is 89.3 cm³/mol. The van der Waals surface area contributed by atoms with Gasteiger partial charge in [-0.05, 0) is 37.3 Å². The maximum atomic E-state index is 13.4. The van der Waals surface area contributed by atoms with Gasteiger partial charge in [-0.15, -0.1) is 0 Å². The van der Waals surface area contributed by atoms with Crippen molar-refractivity contribution < 1.29 is 9.18 Å². The van der Waals surface area contributed by atoms with E-state index in [9.17, 15) is 14.0 Å². The van der Waals surface area contributed by atoms with Gasteiger partial charge < -0.3 is 9.88 Å². The molecule has 5 nitrogen and oxygen atoms in total. The SMILES string of the molecule is CC(c1ccccn1)N(C)C(=O)c1cc(=O)[nH]c2cc(F)ccc12. The molecule has 1 N–H and O–H groups in total. The molecule has 122 valence electrons. The van der Waals surface area contributed by atoms with Gasteiger partial charge in [0, 0.05) is 24.7 Å². The largest absolute Gasteiger partial charge is 0.333 e. The Kier molecular flexibility index (Phi) is 4.12. The molecule has 3 rings (SSSR count). The van der Waals surface area contributed by atoms with Crippen molar-refractivity contribution >= 4 is 16.8 Å². The zero-order valence-electron chi connectivity index (χ0n) is 13.3. The molecule has 0 fully saturated rings. The number of nitrogens with one attached hydrogen (secondary N) is 1. The molecule has 0 aliphatic carbocycles. The Bertz CT molecular complexity index is 953. The van der Waals surface area contributed by atoms with Gasteiger partial charge in [0.15, 0.2) is 0 Å². The number of amides is 1. The number of aromatic nitrogens is 2. The average Bonchev–Trinajstić information content (AvgIpc) is 2.59. The molecule has 6 heteroatoms. The van der Waals surface area contributed by atoms with Crippen LogP contribution in [0.1, 0.15) is 29.0 Å². The third-order valence-electron chi connectivity index (χ3n) is 4.05. The van der Waals surface area contributed by atoms with Crippen LogP contribution in [0, 0.1) is 5.82 Å². The zero-order valence-corrected chi connectivity index (χ0v) is 13.3. The lowest BCUT2D eigenvalue weighted by atomic mass is 10.1. The maximum absolute atomic E-state index is 13.4. The molecule has 1 aromatic carbocycles. The summed E-state index contributed by atoms with van der Waals surface area (Å²) in [4.78, 5) is 33.0. The lowest BCUT2D eigenvalue weighted by Crippen LogP contribution is -2.31. The number of aromatic amines is 1. The number of H-pyrrole nitrogens is 1. The van der Waals surface area contributed by atoms with Gasteiger partial charge in [-0.1, -0.05) is 6.07 Å². The summed E-state index contributed by atoms with van der Waals surface area (Å²) in [6, 6.07) is 10.4. The number of halogens is 1. The second-order valence-electron chi connectivity index (χ2n) is 5.58. The van der Waals surface area contributed by atoms with Crippen molar-refractivity contribution in [1.29, 1.82) is 0 Å². The number of hydrogen-bond donors (Lipinski definition) is 1. The van der Waals surface area contributed by atoms with Crippen molar-refractivity contribution in [2.45, 2.75) is 13.0 Å². The number of rotatable bonds is 3. The first-order valence-electron chi connectivity index (χ1n) is 7.48. The second kappa shape index (κ2) is 6.23. The van der Waals surface area contributed by atoms with E-state index in [1.54, 1.807) is 19.3 Å². The molecule has 0 bridgehead atoms. The highest BCUT2D eigenvalue weighted by molar-refractivity contribution is 6.06. The molecule has 0 saturated heterocycles. The molecule has 0 spiro atoms. The Hall–Kier alpha value is -3.02. The first kappa shape index (κ1) is 15.9. The number of pyridine rings is 2. The van der Waals surface area contributed by atoms with Crippen LogP contribution in [0.5, 0.6) is 0 Å². The Morgan fingerprint density at radius 2 is 2.04 bits per heavy atom. The third kappa shape index (κ3) is 2.90. The van der Waals surface area contributed by atoms with Crippen LogP contribution >= 0.6 is 0 Å². The van der Waals surface area contributed by atoms with Crippen LogP contribution in [0.4, 0.5) is 4.39 Å². The van der Waals surface area contributed by atoms with Crippen molar-refractivity contribution in [1.82, 2.24) is 14.9 Å². The van der Waals surface area contributed by atoms with Crippen LogP contribution in [0.25, 0.3) is 10.9 Å². The van der Waals surface area contributed by atoms with Crippen LogP contribution in [0.15, 0.2) is 53.5 Å². The number of hydrogen-bond acceptors (Lipinski definition) is 3. The second-order valence-corrected chi connectivity index (χ2v) is 5.58. The van der Waals surface area contributed by atoms with Gasteiger partial charge in [-0.3, -0.25) is 14.6 Å². The quantitative estimate of drug-likeness (QED) is 0.805. The van der Waals surface area contributed by atoms with Gasteiger partial charge in [0.2, 0.25) is 5.56 Å². The zero-order chi connectivity index (χ0) is 17.3. The Morgan fingerprint density at radius 3 is 2.75 bits per heavy atom. The van der Waals surface area contributed by atoms with E-state index in [0.717, 1.165) is 5.69 Å². The number of nitrogens with zero attached hydrogens (tertiary/aromatic N) is 2. The maximum Gasteiger partial charge on any atom is 0.255 e. The molecule has 0 radical (unpaired) electrons. The smallest absolute Gasteiger partial charge is 0.255 e. The fourth-order valence-corrected chi connectivity index (χ4v) is 2.60. The minimum atomic E-state index is -0.474. The van der Waals surface area contributed by atoms with E-state index < -0.39 is 11.4 Å². The van der Waals surface area contributed by atoms with Crippen LogP contribution in [-0.4, -0.2) is 27.8 Å². The topological polar surface area (TPSA) is 66.1 Å². The highest BCUT2D eigenvalue weighted by Crippen LogP contribution is 2.22. The summed E-state index contributed by atoms with van der Waals surface area (Å²) < 4.78 is 13.4. The summed E-state index contributed by atoms with van der Waals surface area (Å²) in [5, 5.41) is 0.501. The van der Waals surface area contributed by atoms with E-state index in [-0.39, 0.29) is 17.5 Å². The highest BCUT2D eigenvalue weighted by atomic mass is 19.1. The first-order valence-corrected chi connectivity index (χ1v) is 7.48. The molecular formula is C18H16FN3O2. The summed E-state index contributed by atoms with van der Waals surface area (Å²) >= 11 is 0. The molecule has 0 aliphatic rings. The van der Waals surface area contributed by atoms with Crippen molar-refractivity contribution in [3.8, 4) is 0 Å². The van der Waals surface area contributed by atoms with Gasteiger partial charge in [-0.25, -0.2) is 4.39 Å². The molecule has 24 heavy (non-hydrogen) atoms. The monoisotopic (exact) mass is 325 g/mol. The van der Waals surface area contributed by atoms with Crippen molar-refractivity contribution in [2.75, 3.05) is 7.05 Å². The number of carbonyl (C=O) groups excluding carboxylic acids is 1. The van der Waals surface area contributed by atoms with Gasteiger partial charge in [0.25, 0.3) is 5.91 Å². The summed E-state index contributed by atoms with van der Waals surface area (Å²) in [6.45, 7) is 1.86. The number of carbonyl (C=O) groups is 1. The Morgan fingerprint density at radius 1 is 1.25 bits per heavy atom. The van der Waals surface area contributed by atoms with E-state index >= 15 is 0 Å². The molecule has 0 saturated carbocycles. The van der Waals surface area contributed by atoms with Gasteiger partial charge in [0.1, 0.15) is 5.82 Å². The van der Waals surface area contributed by atoms with Gasteiger partial charge >= 0.3 is 0 Å². The molecule has 0 aliphatic heterocycles.